The molecule has 1 aromatic rings. The first kappa shape index (κ1) is 14.1. The van der Waals surface area contributed by atoms with Gasteiger partial charge in [-0.25, -0.2) is 9.78 Å². The van der Waals surface area contributed by atoms with Crippen molar-refractivity contribution in [1.82, 2.24) is 4.98 Å². The minimum atomic E-state index is -0.468. The summed E-state index contributed by atoms with van der Waals surface area (Å²) in [6, 6.07) is 1.54. The summed E-state index contributed by atoms with van der Waals surface area (Å²) in [6.45, 7) is 3.09. The van der Waals surface area contributed by atoms with E-state index < -0.39 is 5.97 Å². The van der Waals surface area contributed by atoms with Gasteiger partial charge in [-0.05, 0) is 19.4 Å². The predicted octanol–water partition coefficient (Wildman–Crippen LogP) is 0.152. The van der Waals surface area contributed by atoms with Gasteiger partial charge >= 0.3 is 5.97 Å². The number of esters is 1. The molecular weight excluding hydrogens is 260 g/mol. The van der Waals surface area contributed by atoms with Crippen LogP contribution in [0, 0.1) is 5.92 Å². The van der Waals surface area contributed by atoms with Gasteiger partial charge in [0.2, 0.25) is 5.91 Å². The molecule has 1 aromatic heterocycles. The number of carbonyl (C=O) groups is 2. The third-order valence-electron chi connectivity index (χ3n) is 3.27. The summed E-state index contributed by atoms with van der Waals surface area (Å²) in [5.41, 5.74) is 11.7. The number of primary amides is 1. The second kappa shape index (κ2) is 5.77. The number of anilines is 2. The summed E-state index contributed by atoms with van der Waals surface area (Å²) in [5, 5.41) is 0. The summed E-state index contributed by atoms with van der Waals surface area (Å²) in [6.07, 6.45) is 2.14. The lowest BCUT2D eigenvalue weighted by Gasteiger charge is -2.20. The maximum Gasteiger partial charge on any atom is 0.341 e. The van der Waals surface area contributed by atoms with Crippen LogP contribution in [0.5, 0.6) is 0 Å². The molecule has 2 heterocycles. The van der Waals surface area contributed by atoms with Gasteiger partial charge in [-0.2, -0.15) is 0 Å². The molecule has 7 heteroatoms. The molecule has 1 atom stereocenters. The molecule has 1 fully saturated rings. The quantitative estimate of drug-likeness (QED) is 0.758. The topological polar surface area (TPSA) is 112 Å². The van der Waals surface area contributed by atoms with E-state index in [2.05, 4.69) is 4.98 Å². The molecule has 2 rings (SSSR count). The maximum atomic E-state index is 12.0. The Balaban J connectivity index is 2.28. The van der Waals surface area contributed by atoms with E-state index in [-0.39, 0.29) is 18.4 Å². The number of hydrogen-bond acceptors (Lipinski definition) is 6. The molecule has 0 spiro atoms. The third-order valence-corrected chi connectivity index (χ3v) is 3.27. The molecule has 1 saturated heterocycles. The molecule has 4 N–H and O–H groups in total. The van der Waals surface area contributed by atoms with Gasteiger partial charge in [0.05, 0.1) is 24.4 Å². The van der Waals surface area contributed by atoms with Crippen LogP contribution in [-0.2, 0) is 9.53 Å². The zero-order valence-corrected chi connectivity index (χ0v) is 11.3. The molecule has 108 valence electrons. The zero-order valence-electron chi connectivity index (χ0n) is 11.3. The fraction of sp³-hybridized carbons (Fsp3) is 0.462. The van der Waals surface area contributed by atoms with E-state index in [1.54, 1.807) is 6.92 Å². The van der Waals surface area contributed by atoms with Gasteiger partial charge in [0.25, 0.3) is 0 Å². The van der Waals surface area contributed by atoms with Gasteiger partial charge < -0.3 is 21.1 Å². The molecule has 0 saturated carbocycles. The Morgan fingerprint density at radius 2 is 2.30 bits per heavy atom. The lowest BCUT2D eigenvalue weighted by atomic mass is 10.1. The molecule has 0 aliphatic carbocycles. The Morgan fingerprint density at radius 3 is 2.90 bits per heavy atom. The summed E-state index contributed by atoms with van der Waals surface area (Å²) < 4.78 is 5.00. The van der Waals surface area contributed by atoms with E-state index in [0.29, 0.717) is 36.6 Å². The van der Waals surface area contributed by atoms with Crippen molar-refractivity contribution in [2.75, 3.05) is 30.3 Å². The summed E-state index contributed by atoms with van der Waals surface area (Å²) in [7, 11) is 0. The highest BCUT2D eigenvalue weighted by Crippen LogP contribution is 2.26. The number of carbonyl (C=O) groups excluding carboxylic acids is 2. The fourth-order valence-corrected chi connectivity index (χ4v) is 2.27. The molecule has 0 radical (unpaired) electrons. The highest BCUT2D eigenvalue weighted by molar-refractivity contribution is 5.96. The van der Waals surface area contributed by atoms with Crippen molar-refractivity contribution < 1.29 is 14.3 Å². The number of aromatic nitrogens is 1. The minimum Gasteiger partial charge on any atom is -0.462 e. The second-order valence-electron chi connectivity index (χ2n) is 4.69. The van der Waals surface area contributed by atoms with E-state index in [0.717, 1.165) is 0 Å². The number of nitrogens with two attached hydrogens (primary N) is 2. The smallest absolute Gasteiger partial charge is 0.341 e. The van der Waals surface area contributed by atoms with Crippen LogP contribution in [0.25, 0.3) is 0 Å². The SMILES string of the molecule is CCOC(=O)c1cc(N)cnc1N1CCC(C(N)=O)C1. The van der Waals surface area contributed by atoms with Gasteiger partial charge in [0, 0.05) is 13.1 Å². The number of rotatable bonds is 4. The van der Waals surface area contributed by atoms with E-state index in [4.69, 9.17) is 16.2 Å². The second-order valence-corrected chi connectivity index (χ2v) is 4.69. The number of nitrogen functional groups attached to an aromatic ring is 1. The molecular formula is C13H18N4O3. The number of amides is 1. The normalized spacial score (nSPS) is 18.1. The zero-order chi connectivity index (χ0) is 14.7. The Morgan fingerprint density at radius 1 is 1.55 bits per heavy atom. The summed E-state index contributed by atoms with van der Waals surface area (Å²) in [5.74, 6) is -0.531. The van der Waals surface area contributed by atoms with Gasteiger partial charge in [0.15, 0.2) is 0 Å². The first-order valence-electron chi connectivity index (χ1n) is 6.49. The molecule has 1 unspecified atom stereocenters. The number of hydrogen-bond donors (Lipinski definition) is 2. The van der Waals surface area contributed by atoms with Gasteiger partial charge in [-0.1, -0.05) is 0 Å². The predicted molar refractivity (Wildman–Crippen MR) is 74.1 cm³/mol. The molecule has 7 nitrogen and oxygen atoms in total. The Kier molecular flexibility index (Phi) is 4.07. The lowest BCUT2D eigenvalue weighted by molar-refractivity contribution is -0.121. The number of ether oxygens (including phenoxy) is 1. The van der Waals surface area contributed by atoms with Crippen LogP contribution in [-0.4, -0.2) is 36.6 Å². The third kappa shape index (κ3) is 2.81. The molecule has 20 heavy (non-hydrogen) atoms. The van der Waals surface area contributed by atoms with E-state index in [1.807, 2.05) is 4.90 Å². The van der Waals surface area contributed by atoms with E-state index in [9.17, 15) is 9.59 Å². The standard InChI is InChI=1S/C13H18N4O3/c1-2-20-13(19)10-5-9(14)6-16-12(10)17-4-3-8(7-17)11(15)18/h5-6,8H,2-4,7,14H2,1H3,(H2,15,18). The average Bonchev–Trinajstić information content (AvgIpc) is 2.88. The molecule has 0 aromatic carbocycles. The lowest BCUT2D eigenvalue weighted by Crippen LogP contribution is -2.29. The maximum absolute atomic E-state index is 12.0. The minimum absolute atomic E-state index is 0.218. The van der Waals surface area contributed by atoms with Crippen LogP contribution in [0.3, 0.4) is 0 Å². The van der Waals surface area contributed by atoms with Crippen molar-refractivity contribution in [3.05, 3.63) is 17.8 Å². The first-order valence-corrected chi connectivity index (χ1v) is 6.49. The Labute approximate surface area is 116 Å². The van der Waals surface area contributed by atoms with Crippen molar-refractivity contribution >= 4 is 23.4 Å². The highest BCUT2D eigenvalue weighted by atomic mass is 16.5. The summed E-state index contributed by atoms with van der Waals surface area (Å²) >= 11 is 0. The van der Waals surface area contributed by atoms with Crippen molar-refractivity contribution in [2.45, 2.75) is 13.3 Å². The van der Waals surface area contributed by atoms with Crippen LogP contribution in [0.4, 0.5) is 11.5 Å². The van der Waals surface area contributed by atoms with Gasteiger partial charge in [-0.3, -0.25) is 4.79 Å². The van der Waals surface area contributed by atoms with Crippen molar-refractivity contribution in [2.24, 2.45) is 11.7 Å². The molecule has 1 aliphatic rings. The molecule has 1 aliphatic heterocycles. The van der Waals surface area contributed by atoms with E-state index >= 15 is 0 Å². The van der Waals surface area contributed by atoms with Crippen molar-refractivity contribution in [1.29, 1.82) is 0 Å². The molecule has 1 amide bonds. The van der Waals surface area contributed by atoms with E-state index in [1.165, 1.54) is 12.3 Å². The average molecular weight is 278 g/mol. The van der Waals surface area contributed by atoms with Crippen molar-refractivity contribution in [3.63, 3.8) is 0 Å². The number of nitrogens with zero attached hydrogens (tertiary/aromatic N) is 2. The van der Waals surface area contributed by atoms with Crippen LogP contribution in [0.15, 0.2) is 12.3 Å². The molecule has 0 bridgehead atoms. The summed E-state index contributed by atoms with van der Waals surface area (Å²) in [4.78, 5) is 29.2. The monoisotopic (exact) mass is 278 g/mol. The highest BCUT2D eigenvalue weighted by Gasteiger charge is 2.30. The van der Waals surface area contributed by atoms with Crippen LogP contribution < -0.4 is 16.4 Å². The Bertz CT molecular complexity index is 532. The van der Waals surface area contributed by atoms with Crippen LogP contribution in [0.1, 0.15) is 23.7 Å². The van der Waals surface area contributed by atoms with Gasteiger partial charge in [-0.15, -0.1) is 0 Å². The fourth-order valence-electron chi connectivity index (χ4n) is 2.27. The number of pyridine rings is 1. The Hall–Kier alpha value is -2.31. The van der Waals surface area contributed by atoms with Gasteiger partial charge in [0.1, 0.15) is 11.4 Å². The largest absolute Gasteiger partial charge is 0.462 e. The van der Waals surface area contributed by atoms with Crippen LogP contribution >= 0.6 is 0 Å². The van der Waals surface area contributed by atoms with Crippen molar-refractivity contribution in [3.8, 4) is 0 Å². The van der Waals surface area contributed by atoms with Crippen LogP contribution in [0.2, 0.25) is 0 Å². The first-order chi connectivity index (χ1) is 9.52.